The lowest BCUT2D eigenvalue weighted by Gasteiger charge is -2.34. The Morgan fingerprint density at radius 2 is 1.68 bits per heavy atom. The summed E-state index contributed by atoms with van der Waals surface area (Å²) in [5.41, 5.74) is 1.23. The van der Waals surface area contributed by atoms with Crippen LogP contribution in [0, 0.1) is 0 Å². The number of amides is 1. The molecule has 180 valence electrons. The summed E-state index contributed by atoms with van der Waals surface area (Å²) < 4.78 is 45.2. The molecule has 34 heavy (non-hydrogen) atoms. The third-order valence-electron chi connectivity index (χ3n) is 6.09. The second-order valence-corrected chi connectivity index (χ2v) is 10.1. The van der Waals surface area contributed by atoms with Crippen LogP contribution in [0.4, 0.5) is 0 Å². The largest absolute Gasteiger partial charge is 0.486 e. The van der Waals surface area contributed by atoms with Crippen LogP contribution in [0.25, 0.3) is 11.1 Å². The zero-order chi connectivity index (χ0) is 23.7. The fraction of sp³-hybridized carbons (Fsp3) is 0.391. The number of oxazole rings is 1. The lowest BCUT2D eigenvalue weighted by molar-refractivity contribution is -0.132. The van der Waals surface area contributed by atoms with Gasteiger partial charge in [-0.15, -0.1) is 0 Å². The topological polar surface area (TPSA) is 111 Å². The molecule has 1 amide bonds. The highest BCUT2D eigenvalue weighted by Gasteiger charge is 2.31. The van der Waals surface area contributed by atoms with Crippen LogP contribution in [-0.2, 0) is 21.4 Å². The molecule has 0 spiro atoms. The van der Waals surface area contributed by atoms with E-state index in [9.17, 15) is 18.0 Å². The molecule has 2 aromatic carbocycles. The first-order chi connectivity index (χ1) is 16.4. The van der Waals surface area contributed by atoms with Crippen LogP contribution in [0.3, 0.4) is 0 Å². The molecule has 0 aliphatic carbocycles. The molecule has 3 aromatic rings. The van der Waals surface area contributed by atoms with Gasteiger partial charge in [0.05, 0.1) is 10.4 Å². The molecule has 1 saturated heterocycles. The molecule has 1 aromatic heterocycles. The highest BCUT2D eigenvalue weighted by atomic mass is 32.2. The fourth-order valence-electron chi connectivity index (χ4n) is 4.28. The summed E-state index contributed by atoms with van der Waals surface area (Å²) in [4.78, 5) is 26.6. The number of sulfonamides is 1. The van der Waals surface area contributed by atoms with Crippen LogP contribution < -0.4 is 15.2 Å². The zero-order valence-corrected chi connectivity index (χ0v) is 19.3. The van der Waals surface area contributed by atoms with Crippen molar-refractivity contribution in [1.82, 2.24) is 13.8 Å². The number of carbonyl (C=O) groups is 1. The minimum Gasteiger partial charge on any atom is -0.486 e. The Kier molecular flexibility index (Phi) is 6.05. The van der Waals surface area contributed by atoms with Crippen LogP contribution in [0.15, 0.2) is 56.6 Å². The van der Waals surface area contributed by atoms with Crippen molar-refractivity contribution < 1.29 is 27.1 Å². The molecule has 2 aliphatic heterocycles. The van der Waals surface area contributed by atoms with Crippen LogP contribution in [0.5, 0.6) is 11.5 Å². The van der Waals surface area contributed by atoms with Crippen LogP contribution in [-0.4, -0.2) is 67.5 Å². The van der Waals surface area contributed by atoms with E-state index in [1.807, 2.05) is 12.1 Å². The maximum Gasteiger partial charge on any atom is 0.419 e. The number of aryl methyl sites for hydroxylation is 1. The van der Waals surface area contributed by atoms with E-state index in [1.165, 1.54) is 21.0 Å². The first kappa shape index (κ1) is 22.5. The number of carbonyl (C=O) groups excluding carboxylic acids is 1. The Bertz CT molecular complexity index is 1370. The summed E-state index contributed by atoms with van der Waals surface area (Å²) in [6.45, 7) is 2.25. The van der Waals surface area contributed by atoms with Gasteiger partial charge in [-0.05, 0) is 30.7 Å². The summed E-state index contributed by atoms with van der Waals surface area (Å²) >= 11 is 0. The minimum atomic E-state index is -3.71. The van der Waals surface area contributed by atoms with E-state index in [0.717, 1.165) is 0 Å². The molecule has 11 heteroatoms. The van der Waals surface area contributed by atoms with Crippen molar-refractivity contribution in [2.75, 3.05) is 39.4 Å². The van der Waals surface area contributed by atoms with E-state index in [1.54, 1.807) is 23.1 Å². The number of rotatable bonds is 6. The van der Waals surface area contributed by atoms with Crippen LogP contribution in [0.1, 0.15) is 12.8 Å². The molecule has 0 bridgehead atoms. The molecule has 3 heterocycles. The van der Waals surface area contributed by atoms with Gasteiger partial charge in [-0.1, -0.05) is 12.1 Å². The van der Waals surface area contributed by atoms with Gasteiger partial charge in [-0.3, -0.25) is 9.36 Å². The van der Waals surface area contributed by atoms with Crippen molar-refractivity contribution in [2.24, 2.45) is 0 Å². The average Bonchev–Trinajstić information content (AvgIpc) is 3.18. The molecular weight excluding hydrogens is 462 g/mol. The van der Waals surface area contributed by atoms with Gasteiger partial charge in [-0.2, -0.15) is 4.31 Å². The fourth-order valence-corrected chi connectivity index (χ4v) is 5.72. The van der Waals surface area contributed by atoms with Gasteiger partial charge in [-0.25, -0.2) is 13.2 Å². The summed E-state index contributed by atoms with van der Waals surface area (Å²) in [6.07, 6.45) is 0.749. The third kappa shape index (κ3) is 4.28. The summed E-state index contributed by atoms with van der Waals surface area (Å²) in [5.74, 6) is 0.459. The minimum absolute atomic E-state index is 0.0581. The Labute approximate surface area is 196 Å². The van der Waals surface area contributed by atoms with Gasteiger partial charge < -0.3 is 18.8 Å². The molecule has 2 aliphatic rings. The predicted octanol–water partition coefficient (Wildman–Crippen LogP) is 1.68. The number of piperazine rings is 1. The van der Waals surface area contributed by atoms with Crippen molar-refractivity contribution >= 4 is 27.0 Å². The Balaban J connectivity index is 1.16. The smallest absolute Gasteiger partial charge is 0.419 e. The number of hydrogen-bond donors (Lipinski definition) is 0. The summed E-state index contributed by atoms with van der Waals surface area (Å²) in [6, 6.07) is 11.8. The van der Waals surface area contributed by atoms with Crippen molar-refractivity contribution in [3.63, 3.8) is 0 Å². The van der Waals surface area contributed by atoms with Crippen molar-refractivity contribution in [3.8, 4) is 11.5 Å². The predicted molar refractivity (Wildman–Crippen MR) is 122 cm³/mol. The van der Waals surface area contributed by atoms with E-state index in [-0.39, 0.29) is 30.3 Å². The van der Waals surface area contributed by atoms with Crippen LogP contribution >= 0.6 is 0 Å². The monoisotopic (exact) mass is 487 g/mol. The van der Waals surface area contributed by atoms with E-state index < -0.39 is 15.8 Å². The van der Waals surface area contributed by atoms with E-state index in [0.29, 0.717) is 61.9 Å². The maximum atomic E-state index is 13.1. The molecule has 10 nitrogen and oxygen atoms in total. The van der Waals surface area contributed by atoms with Gasteiger partial charge in [0, 0.05) is 45.2 Å². The van der Waals surface area contributed by atoms with Gasteiger partial charge in [0.25, 0.3) is 0 Å². The van der Waals surface area contributed by atoms with E-state index in [2.05, 4.69) is 0 Å². The standard InChI is InChI=1S/C23H25N3O7S/c27-22(6-3-9-26-18-4-1-2-5-19(18)33-23(26)28)24-10-12-25(13-11-24)34(29,30)17-7-8-20-21(16-17)32-15-14-31-20/h1-2,4-5,7-8,16H,3,6,9-15H2. The molecule has 5 rings (SSSR count). The molecular formula is C23H25N3O7S. The van der Waals surface area contributed by atoms with Gasteiger partial charge in [0.1, 0.15) is 13.2 Å². The zero-order valence-electron chi connectivity index (χ0n) is 18.5. The summed E-state index contributed by atoms with van der Waals surface area (Å²) in [7, 11) is -3.71. The number of fused-ring (bicyclic) bond motifs is 2. The SMILES string of the molecule is O=C(CCCn1c(=O)oc2ccccc21)N1CCN(S(=O)(=O)c2ccc3c(c2)OCCO3)CC1. The molecule has 0 N–H and O–H groups in total. The third-order valence-corrected chi connectivity index (χ3v) is 7.98. The van der Waals surface area contributed by atoms with Gasteiger partial charge in [0.2, 0.25) is 15.9 Å². The van der Waals surface area contributed by atoms with E-state index in [4.69, 9.17) is 13.9 Å². The number of hydrogen-bond acceptors (Lipinski definition) is 7. The number of benzene rings is 2. The average molecular weight is 488 g/mol. The van der Waals surface area contributed by atoms with Crippen molar-refractivity contribution in [2.45, 2.75) is 24.3 Å². The molecule has 0 saturated carbocycles. The van der Waals surface area contributed by atoms with Crippen molar-refractivity contribution in [3.05, 3.63) is 53.0 Å². The highest BCUT2D eigenvalue weighted by Crippen LogP contribution is 2.33. The Morgan fingerprint density at radius 3 is 2.47 bits per heavy atom. The second-order valence-electron chi connectivity index (χ2n) is 8.18. The van der Waals surface area contributed by atoms with Crippen molar-refractivity contribution in [1.29, 1.82) is 0 Å². The normalized spacial score (nSPS) is 16.6. The van der Waals surface area contributed by atoms with Gasteiger partial charge >= 0.3 is 5.76 Å². The van der Waals surface area contributed by atoms with Gasteiger partial charge in [0.15, 0.2) is 17.1 Å². The number of nitrogens with zero attached hydrogens (tertiary/aromatic N) is 3. The molecule has 0 atom stereocenters. The highest BCUT2D eigenvalue weighted by molar-refractivity contribution is 7.89. The lowest BCUT2D eigenvalue weighted by atomic mass is 10.2. The quantitative estimate of drug-likeness (QED) is 0.520. The van der Waals surface area contributed by atoms with E-state index >= 15 is 0 Å². The number of aromatic nitrogens is 1. The lowest BCUT2D eigenvalue weighted by Crippen LogP contribution is -2.50. The number of ether oxygens (including phenoxy) is 2. The first-order valence-corrected chi connectivity index (χ1v) is 12.6. The first-order valence-electron chi connectivity index (χ1n) is 11.2. The molecule has 1 fully saturated rings. The molecule has 0 radical (unpaired) electrons. The Morgan fingerprint density at radius 1 is 0.941 bits per heavy atom. The maximum absolute atomic E-state index is 13.1. The van der Waals surface area contributed by atoms with Crippen LogP contribution in [0.2, 0.25) is 0 Å². The summed E-state index contributed by atoms with van der Waals surface area (Å²) in [5, 5.41) is 0. The number of para-hydroxylation sites is 2. The Hall–Kier alpha value is -3.31. The molecule has 0 unspecified atom stereocenters. The second kappa shape index (κ2) is 9.15.